The summed E-state index contributed by atoms with van der Waals surface area (Å²) in [7, 11) is 0. The van der Waals surface area contributed by atoms with Crippen molar-refractivity contribution >= 4 is 27.5 Å². The number of piperidine rings is 1. The molecule has 1 fully saturated rings. The molecular weight excluding hydrogens is 362 g/mol. The van der Waals surface area contributed by atoms with Crippen molar-refractivity contribution in [2.24, 2.45) is 0 Å². The fourth-order valence-corrected chi connectivity index (χ4v) is 3.80. The minimum absolute atomic E-state index is 0.113. The number of carbonyl (C=O) groups excluding carboxylic acids is 1. The van der Waals surface area contributed by atoms with Gasteiger partial charge < -0.3 is 9.64 Å². The summed E-state index contributed by atoms with van der Waals surface area (Å²) < 4.78 is 33.2. The molecule has 0 bridgehead atoms. The Balaban J connectivity index is 1.40. The number of thiazole rings is 1. The Bertz CT molecular complexity index is 943. The van der Waals surface area contributed by atoms with Crippen molar-refractivity contribution in [2.45, 2.75) is 18.9 Å². The molecular formula is C17H14F2N4O2S. The summed E-state index contributed by atoms with van der Waals surface area (Å²) in [5.41, 5.74) is 0.428. The highest BCUT2D eigenvalue weighted by molar-refractivity contribution is 7.20. The van der Waals surface area contributed by atoms with E-state index >= 15 is 0 Å². The monoisotopic (exact) mass is 376 g/mol. The second-order valence-electron chi connectivity index (χ2n) is 5.91. The normalized spacial score (nSPS) is 15.4. The van der Waals surface area contributed by atoms with E-state index in [0.717, 1.165) is 17.4 Å². The maximum atomic E-state index is 13.7. The van der Waals surface area contributed by atoms with Crippen LogP contribution in [-0.4, -0.2) is 45.0 Å². The number of ether oxygens (including phenoxy) is 1. The number of benzene rings is 1. The quantitative estimate of drug-likeness (QED) is 0.703. The number of hydrogen-bond acceptors (Lipinski definition) is 6. The summed E-state index contributed by atoms with van der Waals surface area (Å²) >= 11 is 1.11. The number of likely N-dealkylation sites (tertiary alicyclic amines) is 1. The minimum Gasteiger partial charge on any atom is -0.467 e. The predicted octanol–water partition coefficient (Wildman–Crippen LogP) is 3.05. The molecule has 134 valence electrons. The first-order valence-corrected chi connectivity index (χ1v) is 8.89. The van der Waals surface area contributed by atoms with Gasteiger partial charge in [0.1, 0.15) is 23.1 Å². The summed E-state index contributed by atoms with van der Waals surface area (Å²) in [4.78, 5) is 26.1. The minimum atomic E-state index is -0.699. The van der Waals surface area contributed by atoms with Gasteiger partial charge in [-0.15, -0.1) is 0 Å². The summed E-state index contributed by atoms with van der Waals surface area (Å²) in [6.45, 7) is 1.04. The van der Waals surface area contributed by atoms with E-state index in [1.54, 1.807) is 4.90 Å². The molecule has 9 heteroatoms. The van der Waals surface area contributed by atoms with Crippen LogP contribution >= 0.6 is 11.3 Å². The highest BCUT2D eigenvalue weighted by Gasteiger charge is 2.26. The molecule has 0 unspecified atom stereocenters. The van der Waals surface area contributed by atoms with Crippen molar-refractivity contribution < 1.29 is 18.3 Å². The van der Waals surface area contributed by atoms with Crippen LogP contribution in [0.1, 0.15) is 23.3 Å². The Morgan fingerprint density at radius 3 is 2.77 bits per heavy atom. The molecule has 1 amide bonds. The number of nitrogens with zero attached hydrogens (tertiary/aromatic N) is 4. The van der Waals surface area contributed by atoms with Crippen molar-refractivity contribution in [3.8, 4) is 5.19 Å². The zero-order chi connectivity index (χ0) is 18.1. The van der Waals surface area contributed by atoms with Gasteiger partial charge in [0.05, 0.1) is 10.9 Å². The molecule has 6 nitrogen and oxygen atoms in total. The lowest BCUT2D eigenvalue weighted by Gasteiger charge is -2.31. The van der Waals surface area contributed by atoms with E-state index in [-0.39, 0.29) is 17.5 Å². The van der Waals surface area contributed by atoms with Crippen molar-refractivity contribution in [1.29, 1.82) is 0 Å². The molecule has 3 heterocycles. The standard InChI is InChI=1S/C17H14F2N4O2S/c18-10-7-12(19)15-14(8-10)26-17(22-15)25-11-1-5-23(6-2-11)16(24)13-9-20-3-4-21-13/h3-4,7-9,11H,1-2,5-6H2. The lowest BCUT2D eigenvalue weighted by molar-refractivity contribution is 0.0589. The molecule has 0 atom stereocenters. The van der Waals surface area contributed by atoms with Crippen molar-refractivity contribution in [1.82, 2.24) is 19.9 Å². The fraction of sp³-hybridized carbons (Fsp3) is 0.294. The molecule has 3 aromatic rings. The van der Waals surface area contributed by atoms with Gasteiger partial charge in [-0.3, -0.25) is 9.78 Å². The molecule has 0 aliphatic carbocycles. The first kappa shape index (κ1) is 16.8. The van der Waals surface area contributed by atoms with Crippen LogP contribution in [0.15, 0.2) is 30.7 Å². The Morgan fingerprint density at radius 1 is 1.23 bits per heavy atom. The van der Waals surface area contributed by atoms with Crippen molar-refractivity contribution in [3.05, 3.63) is 48.1 Å². The van der Waals surface area contributed by atoms with Gasteiger partial charge in [-0.25, -0.2) is 13.8 Å². The van der Waals surface area contributed by atoms with Gasteiger partial charge in [0.15, 0.2) is 5.82 Å². The van der Waals surface area contributed by atoms with Gasteiger partial charge in [-0.05, 0) is 6.07 Å². The summed E-state index contributed by atoms with van der Waals surface area (Å²) in [5, 5.41) is 0.309. The van der Waals surface area contributed by atoms with E-state index in [2.05, 4.69) is 15.0 Å². The average molecular weight is 376 g/mol. The van der Waals surface area contributed by atoms with Crippen molar-refractivity contribution in [2.75, 3.05) is 13.1 Å². The van der Waals surface area contributed by atoms with E-state index in [4.69, 9.17) is 4.74 Å². The van der Waals surface area contributed by atoms with Gasteiger partial charge >= 0.3 is 0 Å². The molecule has 0 radical (unpaired) electrons. The van der Waals surface area contributed by atoms with Crippen LogP contribution in [0.2, 0.25) is 0 Å². The van der Waals surface area contributed by atoms with Crippen LogP contribution in [0.4, 0.5) is 8.78 Å². The number of rotatable bonds is 3. The second-order valence-corrected chi connectivity index (χ2v) is 6.91. The maximum Gasteiger partial charge on any atom is 0.274 e. The number of fused-ring (bicyclic) bond motifs is 1. The largest absolute Gasteiger partial charge is 0.467 e. The van der Waals surface area contributed by atoms with Crippen LogP contribution < -0.4 is 4.74 Å². The van der Waals surface area contributed by atoms with Gasteiger partial charge in [0.25, 0.3) is 11.1 Å². The molecule has 26 heavy (non-hydrogen) atoms. The zero-order valence-corrected chi connectivity index (χ0v) is 14.4. The van der Waals surface area contributed by atoms with Gasteiger partial charge in [-0.2, -0.15) is 4.98 Å². The first-order chi connectivity index (χ1) is 12.6. The molecule has 0 N–H and O–H groups in total. The van der Waals surface area contributed by atoms with Crippen molar-refractivity contribution in [3.63, 3.8) is 0 Å². The van der Waals surface area contributed by atoms with Crippen LogP contribution in [0.25, 0.3) is 10.2 Å². The number of hydrogen-bond donors (Lipinski definition) is 0. The van der Waals surface area contributed by atoms with E-state index in [1.807, 2.05) is 0 Å². The molecule has 4 rings (SSSR count). The van der Waals surface area contributed by atoms with Crippen LogP contribution in [0.5, 0.6) is 5.19 Å². The summed E-state index contributed by atoms with van der Waals surface area (Å²) in [6, 6.07) is 2.05. The summed E-state index contributed by atoms with van der Waals surface area (Å²) in [6.07, 6.45) is 5.56. The number of aromatic nitrogens is 3. The smallest absolute Gasteiger partial charge is 0.274 e. The van der Waals surface area contributed by atoms with Gasteiger partial charge in [0.2, 0.25) is 0 Å². The first-order valence-electron chi connectivity index (χ1n) is 8.07. The van der Waals surface area contributed by atoms with Crippen LogP contribution in [0, 0.1) is 11.6 Å². The Morgan fingerprint density at radius 2 is 2.04 bits per heavy atom. The SMILES string of the molecule is O=C(c1cnccn1)N1CCC(Oc2nc3c(F)cc(F)cc3s2)CC1. The molecule has 2 aromatic heterocycles. The second kappa shape index (κ2) is 6.91. The molecule has 0 spiro atoms. The zero-order valence-electron chi connectivity index (χ0n) is 13.6. The van der Waals surface area contributed by atoms with Crippen LogP contribution in [-0.2, 0) is 0 Å². The fourth-order valence-electron chi connectivity index (χ4n) is 2.88. The van der Waals surface area contributed by atoms with E-state index in [9.17, 15) is 13.6 Å². The topological polar surface area (TPSA) is 68.2 Å². The molecule has 1 aromatic carbocycles. The highest BCUT2D eigenvalue weighted by atomic mass is 32.1. The lowest BCUT2D eigenvalue weighted by atomic mass is 10.1. The molecule has 1 aliphatic heterocycles. The Kier molecular flexibility index (Phi) is 4.46. The van der Waals surface area contributed by atoms with E-state index in [0.29, 0.717) is 41.5 Å². The average Bonchev–Trinajstić information content (AvgIpc) is 3.05. The molecule has 0 saturated carbocycles. The third-order valence-corrected chi connectivity index (χ3v) is 5.07. The highest BCUT2D eigenvalue weighted by Crippen LogP contribution is 2.32. The maximum absolute atomic E-state index is 13.7. The lowest BCUT2D eigenvalue weighted by Crippen LogP contribution is -2.42. The van der Waals surface area contributed by atoms with Crippen LogP contribution in [0.3, 0.4) is 0 Å². The number of halogens is 2. The third kappa shape index (κ3) is 3.34. The van der Waals surface area contributed by atoms with E-state index < -0.39 is 11.6 Å². The molecule has 1 aliphatic rings. The Hall–Kier alpha value is -2.68. The number of amides is 1. The Labute approximate surface area is 151 Å². The van der Waals surface area contributed by atoms with Gasteiger partial charge in [-0.1, -0.05) is 11.3 Å². The third-order valence-electron chi connectivity index (χ3n) is 4.17. The summed E-state index contributed by atoms with van der Waals surface area (Å²) in [5.74, 6) is -1.49. The molecule has 1 saturated heterocycles. The number of carbonyl (C=O) groups is 1. The predicted molar refractivity (Wildman–Crippen MR) is 91.1 cm³/mol. The van der Waals surface area contributed by atoms with E-state index in [1.165, 1.54) is 24.7 Å². The van der Waals surface area contributed by atoms with Gasteiger partial charge in [0, 0.05) is 44.4 Å².